The second-order valence-corrected chi connectivity index (χ2v) is 5.37. The zero-order valence-corrected chi connectivity index (χ0v) is 11.9. The van der Waals surface area contributed by atoms with Crippen LogP contribution in [0.5, 0.6) is 0 Å². The fraction of sp³-hybridized carbons (Fsp3) is 0.600. The quantitative estimate of drug-likeness (QED) is 0.842. The molecule has 0 aromatic heterocycles. The van der Waals surface area contributed by atoms with Gasteiger partial charge in [-0.3, -0.25) is 4.90 Å². The van der Waals surface area contributed by atoms with Crippen LogP contribution in [0.25, 0.3) is 0 Å². The third-order valence-electron chi connectivity index (χ3n) is 3.23. The zero-order chi connectivity index (χ0) is 13.7. The van der Waals surface area contributed by atoms with Gasteiger partial charge in [-0.15, -0.1) is 0 Å². The number of halogens is 1. The summed E-state index contributed by atoms with van der Waals surface area (Å²) < 4.78 is 14.0. The van der Waals surface area contributed by atoms with Crippen LogP contribution in [0.4, 0.5) is 4.39 Å². The van der Waals surface area contributed by atoms with Crippen molar-refractivity contribution >= 4 is 0 Å². The third kappa shape index (κ3) is 3.79. The van der Waals surface area contributed by atoms with Crippen molar-refractivity contribution in [3.8, 4) is 0 Å². The maximum Gasteiger partial charge on any atom is 0.128 e. The first-order valence-electron chi connectivity index (χ1n) is 6.67. The van der Waals surface area contributed by atoms with E-state index in [1.807, 2.05) is 26.1 Å². The van der Waals surface area contributed by atoms with E-state index in [2.05, 4.69) is 18.7 Å². The Morgan fingerprint density at radius 2 is 1.89 bits per heavy atom. The monoisotopic (exact) mass is 252 g/mol. The van der Waals surface area contributed by atoms with Gasteiger partial charge >= 0.3 is 0 Å². The summed E-state index contributed by atoms with van der Waals surface area (Å²) in [7, 11) is 2.02. The Hall–Kier alpha value is -0.930. The van der Waals surface area contributed by atoms with Crippen LogP contribution in [0.1, 0.15) is 38.8 Å². The Kier molecular flexibility index (Phi) is 5.76. The molecule has 0 saturated heterocycles. The number of nitrogens with two attached hydrogens (primary N) is 1. The molecular weight excluding hydrogens is 227 g/mol. The lowest BCUT2D eigenvalue weighted by atomic mass is 9.95. The molecule has 0 radical (unpaired) electrons. The molecule has 2 atom stereocenters. The second kappa shape index (κ2) is 6.86. The van der Waals surface area contributed by atoms with E-state index in [9.17, 15) is 4.39 Å². The summed E-state index contributed by atoms with van der Waals surface area (Å²) in [6.07, 6.45) is 0.835. The Bertz CT molecular complexity index is 365. The van der Waals surface area contributed by atoms with E-state index in [1.54, 1.807) is 6.07 Å². The first-order chi connectivity index (χ1) is 8.47. The molecule has 0 spiro atoms. The standard InChI is InChI=1S/C15H25FN2/c1-5-14(17)15(18(4)10-11(2)3)12-8-6-7-9-13(12)16/h6-9,11,14-15H,5,10,17H2,1-4H3. The molecule has 1 aromatic rings. The second-order valence-electron chi connectivity index (χ2n) is 5.37. The van der Waals surface area contributed by atoms with Gasteiger partial charge in [-0.25, -0.2) is 4.39 Å². The van der Waals surface area contributed by atoms with Gasteiger partial charge in [0.15, 0.2) is 0 Å². The van der Waals surface area contributed by atoms with Gasteiger partial charge in [0.1, 0.15) is 5.82 Å². The summed E-state index contributed by atoms with van der Waals surface area (Å²) in [6, 6.07) is 6.83. The summed E-state index contributed by atoms with van der Waals surface area (Å²) in [5.41, 5.74) is 6.89. The lowest BCUT2D eigenvalue weighted by molar-refractivity contribution is 0.185. The van der Waals surface area contributed by atoms with Crippen LogP contribution in [0, 0.1) is 11.7 Å². The minimum Gasteiger partial charge on any atom is -0.326 e. The first-order valence-corrected chi connectivity index (χ1v) is 6.67. The lowest BCUT2D eigenvalue weighted by Gasteiger charge is -2.34. The van der Waals surface area contributed by atoms with Gasteiger partial charge in [0.2, 0.25) is 0 Å². The fourth-order valence-corrected chi connectivity index (χ4v) is 2.42. The molecule has 0 aliphatic heterocycles. The molecule has 0 aliphatic carbocycles. The van der Waals surface area contributed by atoms with Crippen molar-refractivity contribution in [2.45, 2.75) is 39.3 Å². The van der Waals surface area contributed by atoms with Crippen LogP contribution in [0.3, 0.4) is 0 Å². The Morgan fingerprint density at radius 3 is 2.39 bits per heavy atom. The van der Waals surface area contributed by atoms with Gasteiger partial charge in [0.25, 0.3) is 0 Å². The average Bonchev–Trinajstić information content (AvgIpc) is 2.30. The highest BCUT2D eigenvalue weighted by molar-refractivity contribution is 5.22. The molecule has 3 heteroatoms. The van der Waals surface area contributed by atoms with Crippen LogP contribution in [0.15, 0.2) is 24.3 Å². The highest BCUT2D eigenvalue weighted by Crippen LogP contribution is 2.26. The van der Waals surface area contributed by atoms with Crippen LogP contribution in [-0.4, -0.2) is 24.5 Å². The number of likely N-dealkylation sites (N-methyl/N-ethyl adjacent to an activating group) is 1. The van der Waals surface area contributed by atoms with Crippen LogP contribution < -0.4 is 5.73 Å². The van der Waals surface area contributed by atoms with Gasteiger partial charge < -0.3 is 5.73 Å². The Labute approximate surface area is 110 Å². The Morgan fingerprint density at radius 1 is 1.28 bits per heavy atom. The predicted octanol–water partition coefficient (Wildman–Crippen LogP) is 3.19. The van der Waals surface area contributed by atoms with E-state index in [0.29, 0.717) is 11.5 Å². The molecule has 0 aliphatic rings. The summed E-state index contributed by atoms with van der Waals surface area (Å²) >= 11 is 0. The van der Waals surface area contributed by atoms with Crippen LogP contribution in [0.2, 0.25) is 0 Å². The smallest absolute Gasteiger partial charge is 0.128 e. The van der Waals surface area contributed by atoms with Crippen molar-refractivity contribution in [3.63, 3.8) is 0 Å². The molecule has 0 heterocycles. The van der Waals surface area contributed by atoms with Crippen LogP contribution in [-0.2, 0) is 0 Å². The lowest BCUT2D eigenvalue weighted by Crippen LogP contribution is -2.40. The van der Waals surface area contributed by atoms with Crippen molar-refractivity contribution in [2.24, 2.45) is 11.7 Å². The molecule has 2 nitrogen and oxygen atoms in total. The predicted molar refractivity (Wildman–Crippen MR) is 74.9 cm³/mol. The third-order valence-corrected chi connectivity index (χ3v) is 3.23. The number of hydrogen-bond donors (Lipinski definition) is 1. The van der Waals surface area contributed by atoms with Gasteiger partial charge in [-0.2, -0.15) is 0 Å². The van der Waals surface area contributed by atoms with E-state index in [-0.39, 0.29) is 17.9 Å². The SMILES string of the molecule is CCC(N)C(c1ccccc1F)N(C)CC(C)C. The number of hydrogen-bond acceptors (Lipinski definition) is 2. The van der Waals surface area contributed by atoms with Gasteiger partial charge in [-0.1, -0.05) is 39.0 Å². The van der Waals surface area contributed by atoms with E-state index in [0.717, 1.165) is 13.0 Å². The van der Waals surface area contributed by atoms with Crippen molar-refractivity contribution in [3.05, 3.63) is 35.6 Å². The minimum absolute atomic E-state index is 0.0503. The topological polar surface area (TPSA) is 29.3 Å². The molecule has 2 unspecified atom stereocenters. The fourth-order valence-electron chi connectivity index (χ4n) is 2.42. The summed E-state index contributed by atoms with van der Waals surface area (Å²) in [5.74, 6) is 0.371. The number of rotatable bonds is 6. The van der Waals surface area contributed by atoms with Crippen molar-refractivity contribution in [1.82, 2.24) is 4.90 Å². The van der Waals surface area contributed by atoms with E-state index < -0.39 is 0 Å². The van der Waals surface area contributed by atoms with E-state index in [1.165, 1.54) is 6.07 Å². The highest BCUT2D eigenvalue weighted by Gasteiger charge is 2.25. The van der Waals surface area contributed by atoms with Crippen molar-refractivity contribution < 1.29 is 4.39 Å². The zero-order valence-electron chi connectivity index (χ0n) is 11.9. The van der Waals surface area contributed by atoms with Gasteiger partial charge in [-0.05, 0) is 25.5 Å². The maximum atomic E-state index is 14.0. The average molecular weight is 252 g/mol. The number of benzene rings is 1. The molecule has 18 heavy (non-hydrogen) atoms. The van der Waals surface area contributed by atoms with Crippen LogP contribution >= 0.6 is 0 Å². The van der Waals surface area contributed by atoms with Crippen molar-refractivity contribution in [1.29, 1.82) is 0 Å². The molecular formula is C15H25FN2. The van der Waals surface area contributed by atoms with Gasteiger partial charge in [0.05, 0.1) is 6.04 Å². The molecule has 1 rings (SSSR count). The molecule has 0 bridgehead atoms. The summed E-state index contributed by atoms with van der Waals surface area (Å²) in [4.78, 5) is 2.16. The van der Waals surface area contributed by atoms with E-state index >= 15 is 0 Å². The highest BCUT2D eigenvalue weighted by atomic mass is 19.1. The maximum absolute atomic E-state index is 14.0. The molecule has 1 aromatic carbocycles. The Balaban J connectivity index is 3.02. The number of nitrogens with zero attached hydrogens (tertiary/aromatic N) is 1. The van der Waals surface area contributed by atoms with E-state index in [4.69, 9.17) is 5.73 Å². The van der Waals surface area contributed by atoms with Crippen molar-refractivity contribution in [2.75, 3.05) is 13.6 Å². The minimum atomic E-state index is -0.165. The molecule has 102 valence electrons. The molecule has 0 saturated carbocycles. The summed E-state index contributed by atoms with van der Waals surface area (Å²) in [6.45, 7) is 7.27. The van der Waals surface area contributed by atoms with Gasteiger partial charge in [0, 0.05) is 18.2 Å². The normalized spacial score (nSPS) is 15.1. The summed E-state index contributed by atoms with van der Waals surface area (Å²) in [5, 5.41) is 0. The molecule has 0 fully saturated rings. The molecule has 2 N–H and O–H groups in total. The largest absolute Gasteiger partial charge is 0.326 e. The first kappa shape index (κ1) is 15.1. The molecule has 0 amide bonds.